The van der Waals surface area contributed by atoms with Crippen molar-refractivity contribution in [3.63, 3.8) is 0 Å². The van der Waals surface area contributed by atoms with E-state index < -0.39 is 0 Å². The molecule has 0 aliphatic heterocycles. The van der Waals surface area contributed by atoms with Crippen molar-refractivity contribution < 1.29 is 14.9 Å². The van der Waals surface area contributed by atoms with E-state index in [1.165, 1.54) is 12.8 Å². The van der Waals surface area contributed by atoms with Crippen LogP contribution in [0.3, 0.4) is 0 Å². The third kappa shape index (κ3) is 19.6. The van der Waals surface area contributed by atoms with Crippen LogP contribution >= 0.6 is 0 Å². The third-order valence-electron chi connectivity index (χ3n) is 4.25. The number of hydrogen-bond acceptors (Lipinski definition) is 3. The first kappa shape index (κ1) is 24.9. The normalized spacial score (nSPS) is 14.4. The van der Waals surface area contributed by atoms with Crippen molar-refractivity contribution in [2.75, 3.05) is 13.7 Å². The molecule has 3 nitrogen and oxygen atoms in total. The Balaban J connectivity index is 0. The van der Waals surface area contributed by atoms with Crippen LogP contribution in [0.2, 0.25) is 0 Å². The van der Waals surface area contributed by atoms with Crippen LogP contribution in [-0.2, 0) is 4.74 Å². The van der Waals surface area contributed by atoms with E-state index >= 15 is 0 Å². The highest BCUT2D eigenvalue weighted by Crippen LogP contribution is 2.20. The van der Waals surface area contributed by atoms with Gasteiger partial charge >= 0.3 is 0 Å². The Hall–Kier alpha value is -0.380. The first-order chi connectivity index (χ1) is 10.8. The average molecular weight is 331 g/mol. The van der Waals surface area contributed by atoms with Crippen LogP contribution in [0.15, 0.2) is 12.2 Å². The van der Waals surface area contributed by atoms with Crippen LogP contribution in [-0.4, -0.2) is 35.6 Å². The molecule has 0 aromatic rings. The molecule has 0 rings (SSSR count). The Morgan fingerprint density at radius 3 is 2.17 bits per heavy atom. The Labute approximate surface area is 145 Å². The molecule has 0 saturated heterocycles. The molecule has 0 aromatic carbocycles. The van der Waals surface area contributed by atoms with Gasteiger partial charge in [-0.1, -0.05) is 38.8 Å². The number of rotatable bonds is 12. The minimum Gasteiger partial charge on any atom is -0.396 e. The van der Waals surface area contributed by atoms with E-state index in [0.29, 0.717) is 12.5 Å². The smallest absolute Gasteiger partial charge is 0.0622 e. The largest absolute Gasteiger partial charge is 0.396 e. The maximum atomic E-state index is 9.28. The zero-order chi connectivity index (χ0) is 18.1. The Bertz CT molecular complexity index is 260. The summed E-state index contributed by atoms with van der Waals surface area (Å²) in [4.78, 5) is 0. The standard InChI is InChI=1S/C11H24O2.C9H18O/c1-9(10(2)12)7-6-8-11(3,4)13-5;1-2-3-4-5-6-7-8-9-10/h9-10,12H,6-8H2,1-5H3;3-4,10H,2,5-9H2,1H3. The monoisotopic (exact) mass is 330 g/mol. The molecule has 0 heterocycles. The fourth-order valence-electron chi connectivity index (χ4n) is 2.03. The molecule has 0 bridgehead atoms. The number of aliphatic hydroxyl groups excluding tert-OH is 2. The van der Waals surface area contributed by atoms with E-state index in [-0.39, 0.29) is 11.7 Å². The van der Waals surface area contributed by atoms with Gasteiger partial charge in [0, 0.05) is 13.7 Å². The minimum absolute atomic E-state index is 0.0155. The van der Waals surface area contributed by atoms with Crippen LogP contribution in [0.4, 0.5) is 0 Å². The van der Waals surface area contributed by atoms with Gasteiger partial charge in [0.05, 0.1) is 11.7 Å². The average Bonchev–Trinajstić information content (AvgIpc) is 2.51. The summed E-state index contributed by atoms with van der Waals surface area (Å²) in [5.41, 5.74) is -0.0155. The van der Waals surface area contributed by atoms with Gasteiger partial charge in [0.25, 0.3) is 0 Å². The molecule has 140 valence electrons. The minimum atomic E-state index is -0.189. The molecule has 0 saturated carbocycles. The van der Waals surface area contributed by atoms with Gasteiger partial charge in [-0.3, -0.25) is 0 Å². The fraction of sp³-hybridized carbons (Fsp3) is 0.900. The van der Waals surface area contributed by atoms with Crippen LogP contribution in [0.5, 0.6) is 0 Å². The summed E-state index contributed by atoms with van der Waals surface area (Å²) in [6, 6.07) is 0. The number of allylic oxidation sites excluding steroid dienone is 2. The van der Waals surface area contributed by atoms with E-state index in [0.717, 1.165) is 38.5 Å². The van der Waals surface area contributed by atoms with Crippen LogP contribution in [0, 0.1) is 5.92 Å². The predicted molar refractivity (Wildman–Crippen MR) is 101 cm³/mol. The topological polar surface area (TPSA) is 49.7 Å². The van der Waals surface area contributed by atoms with Crippen molar-refractivity contribution in [1.82, 2.24) is 0 Å². The van der Waals surface area contributed by atoms with Gasteiger partial charge in [0.15, 0.2) is 0 Å². The van der Waals surface area contributed by atoms with Crippen molar-refractivity contribution in [2.45, 2.75) is 97.7 Å². The van der Waals surface area contributed by atoms with E-state index in [2.05, 4.69) is 39.8 Å². The highest BCUT2D eigenvalue weighted by atomic mass is 16.5. The molecule has 0 spiro atoms. The molecule has 3 heteroatoms. The number of aliphatic hydroxyl groups is 2. The Morgan fingerprint density at radius 2 is 1.70 bits per heavy atom. The zero-order valence-electron chi connectivity index (χ0n) is 16.5. The lowest BCUT2D eigenvalue weighted by molar-refractivity contribution is 0.0111. The molecule has 0 amide bonds. The summed E-state index contributed by atoms with van der Waals surface area (Å²) >= 11 is 0. The number of methoxy groups -OCH3 is 1. The lowest BCUT2D eigenvalue weighted by atomic mass is 9.94. The van der Waals surface area contributed by atoms with Crippen molar-refractivity contribution in [1.29, 1.82) is 0 Å². The summed E-state index contributed by atoms with van der Waals surface area (Å²) < 4.78 is 5.32. The van der Waals surface area contributed by atoms with Gasteiger partial charge in [-0.25, -0.2) is 0 Å². The van der Waals surface area contributed by atoms with E-state index in [4.69, 9.17) is 9.84 Å². The second kappa shape index (κ2) is 16.5. The fourth-order valence-corrected chi connectivity index (χ4v) is 2.03. The molecule has 2 atom stereocenters. The quantitative estimate of drug-likeness (QED) is 0.386. The number of unbranched alkanes of at least 4 members (excludes halogenated alkanes) is 3. The number of ether oxygens (including phenoxy) is 1. The Morgan fingerprint density at radius 1 is 1.04 bits per heavy atom. The second-order valence-electron chi connectivity index (χ2n) is 7.03. The molecule has 23 heavy (non-hydrogen) atoms. The summed E-state index contributed by atoms with van der Waals surface area (Å²) in [5.74, 6) is 0.396. The summed E-state index contributed by atoms with van der Waals surface area (Å²) in [7, 11) is 1.75. The molecule has 0 aromatic heterocycles. The van der Waals surface area contributed by atoms with Gasteiger partial charge in [-0.2, -0.15) is 0 Å². The summed E-state index contributed by atoms with van der Waals surface area (Å²) in [6.45, 7) is 10.6. The first-order valence-electron chi connectivity index (χ1n) is 9.29. The molecular formula is C20H42O3. The Kier molecular flexibility index (Phi) is 17.8. The molecule has 0 fully saturated rings. The van der Waals surface area contributed by atoms with E-state index in [1.807, 2.05) is 6.92 Å². The SMILES string of the molecule is CCC=CCCCCCO.COC(C)(C)CCCC(C)C(C)O. The summed E-state index contributed by atoms with van der Waals surface area (Å²) in [6.07, 6.45) is 13.1. The summed E-state index contributed by atoms with van der Waals surface area (Å²) in [5, 5.41) is 17.7. The molecular weight excluding hydrogens is 288 g/mol. The second-order valence-corrected chi connectivity index (χ2v) is 7.03. The van der Waals surface area contributed by atoms with Crippen molar-refractivity contribution in [3.05, 3.63) is 12.2 Å². The molecule has 0 aliphatic carbocycles. The van der Waals surface area contributed by atoms with E-state index in [9.17, 15) is 5.11 Å². The lowest BCUT2D eigenvalue weighted by Gasteiger charge is -2.23. The molecule has 0 radical (unpaired) electrons. The molecule has 2 unspecified atom stereocenters. The van der Waals surface area contributed by atoms with Crippen LogP contribution in [0.25, 0.3) is 0 Å². The molecule has 0 aliphatic rings. The number of hydrogen-bond donors (Lipinski definition) is 2. The highest BCUT2D eigenvalue weighted by molar-refractivity contribution is 4.79. The van der Waals surface area contributed by atoms with Gasteiger partial charge in [-0.05, 0) is 65.2 Å². The zero-order valence-corrected chi connectivity index (χ0v) is 16.5. The van der Waals surface area contributed by atoms with Gasteiger partial charge in [-0.15, -0.1) is 0 Å². The van der Waals surface area contributed by atoms with Crippen LogP contribution < -0.4 is 0 Å². The van der Waals surface area contributed by atoms with E-state index in [1.54, 1.807) is 7.11 Å². The lowest BCUT2D eigenvalue weighted by Crippen LogP contribution is -2.23. The van der Waals surface area contributed by atoms with Gasteiger partial charge in [0.2, 0.25) is 0 Å². The maximum Gasteiger partial charge on any atom is 0.0622 e. The first-order valence-corrected chi connectivity index (χ1v) is 9.29. The van der Waals surface area contributed by atoms with Crippen molar-refractivity contribution >= 4 is 0 Å². The van der Waals surface area contributed by atoms with Crippen LogP contribution in [0.1, 0.15) is 86.0 Å². The predicted octanol–water partition coefficient (Wildman–Crippen LogP) is 5.10. The van der Waals surface area contributed by atoms with Gasteiger partial charge < -0.3 is 14.9 Å². The maximum absolute atomic E-state index is 9.28. The highest BCUT2D eigenvalue weighted by Gasteiger charge is 2.17. The molecule has 2 N–H and O–H groups in total. The van der Waals surface area contributed by atoms with Crippen molar-refractivity contribution in [3.8, 4) is 0 Å². The third-order valence-corrected chi connectivity index (χ3v) is 4.25. The van der Waals surface area contributed by atoms with Gasteiger partial charge in [0.1, 0.15) is 0 Å². The van der Waals surface area contributed by atoms with Crippen molar-refractivity contribution in [2.24, 2.45) is 5.92 Å².